The molecule has 0 aromatic carbocycles. The Bertz CT molecular complexity index is 986. The van der Waals surface area contributed by atoms with Gasteiger partial charge in [0.05, 0.1) is 12.0 Å². The second-order valence-electron chi connectivity index (χ2n) is 11.5. The lowest BCUT2D eigenvalue weighted by atomic mass is 9.85. The van der Waals surface area contributed by atoms with Crippen LogP contribution in [0.25, 0.3) is 0 Å². The third-order valence-electron chi connectivity index (χ3n) is 7.61. The van der Waals surface area contributed by atoms with Gasteiger partial charge in [-0.15, -0.1) is 0 Å². The number of halogens is 4. The SMILES string of the molecule is CC(C)(C)[C@H](NC(=O)C(F)(F)F)C(=O)N1C[C@H]2[C@@H]([C@H]1C(=O)N[C@H](C#N)C[C@H]1C(=O)NC[C@H]1F)C2(C)C. The molecule has 1 saturated carbocycles. The summed E-state index contributed by atoms with van der Waals surface area (Å²) < 4.78 is 52.8. The van der Waals surface area contributed by atoms with Crippen molar-refractivity contribution in [2.45, 2.75) is 71.5 Å². The first-order valence-electron chi connectivity index (χ1n) is 11.7. The number of nitrogens with zero attached hydrogens (tertiary/aromatic N) is 2. The van der Waals surface area contributed by atoms with Gasteiger partial charge in [-0.3, -0.25) is 19.2 Å². The number of nitriles is 1. The van der Waals surface area contributed by atoms with Crippen molar-refractivity contribution in [2.24, 2.45) is 28.6 Å². The molecule has 3 rings (SSSR count). The zero-order valence-corrected chi connectivity index (χ0v) is 20.7. The van der Waals surface area contributed by atoms with Crippen molar-refractivity contribution >= 4 is 23.6 Å². The minimum Gasteiger partial charge on any atom is -0.353 e. The minimum absolute atomic E-state index is 0.0951. The molecule has 0 spiro atoms. The van der Waals surface area contributed by atoms with Crippen molar-refractivity contribution in [3.05, 3.63) is 0 Å². The van der Waals surface area contributed by atoms with E-state index in [4.69, 9.17) is 0 Å². The van der Waals surface area contributed by atoms with Gasteiger partial charge in [-0.05, 0) is 29.1 Å². The van der Waals surface area contributed by atoms with E-state index in [0.29, 0.717) is 0 Å². The first-order chi connectivity index (χ1) is 16.4. The number of hydrogen-bond acceptors (Lipinski definition) is 5. The van der Waals surface area contributed by atoms with Crippen molar-refractivity contribution in [1.82, 2.24) is 20.9 Å². The van der Waals surface area contributed by atoms with Gasteiger partial charge in [0.15, 0.2) is 0 Å². The van der Waals surface area contributed by atoms with Crippen molar-refractivity contribution in [3.63, 3.8) is 0 Å². The molecule has 4 amide bonds. The average molecular weight is 518 g/mol. The molecule has 2 aliphatic heterocycles. The lowest BCUT2D eigenvalue weighted by Crippen LogP contribution is -2.61. The number of carbonyl (C=O) groups excluding carboxylic acids is 4. The molecule has 2 saturated heterocycles. The van der Waals surface area contributed by atoms with Crippen LogP contribution in [-0.4, -0.2) is 72.1 Å². The maximum absolute atomic E-state index is 14.0. The highest BCUT2D eigenvalue weighted by Crippen LogP contribution is 2.65. The summed E-state index contributed by atoms with van der Waals surface area (Å²) in [6.07, 6.45) is -6.97. The Morgan fingerprint density at radius 1 is 1.22 bits per heavy atom. The standard InChI is InChI=1S/C23H31F4N5O4/c1-21(2,3)16(31-20(36)23(25,26)27)19(35)32-9-12-14(22(12,4)5)15(32)18(34)30-10(7-28)6-11-13(24)8-29-17(11)33/h10-16H,6,8-9H2,1-5H3,(H,29,33)(H,30,34)(H,31,36)/t10-,11+,12-,13+,14-,15-,16+/m0/s1. The molecule has 3 fully saturated rings. The highest BCUT2D eigenvalue weighted by atomic mass is 19.4. The van der Waals surface area contributed by atoms with Gasteiger partial charge in [-0.25, -0.2) is 4.39 Å². The molecule has 0 unspecified atom stereocenters. The average Bonchev–Trinajstić information content (AvgIpc) is 3.07. The number of piperidine rings is 1. The third-order valence-corrected chi connectivity index (χ3v) is 7.61. The summed E-state index contributed by atoms with van der Waals surface area (Å²) in [5.41, 5.74) is -1.44. The highest BCUT2D eigenvalue weighted by molar-refractivity contribution is 5.95. The second-order valence-corrected chi connectivity index (χ2v) is 11.5. The summed E-state index contributed by atoms with van der Waals surface area (Å²) in [7, 11) is 0. The van der Waals surface area contributed by atoms with Crippen LogP contribution in [0.5, 0.6) is 0 Å². The van der Waals surface area contributed by atoms with Crippen molar-refractivity contribution in [2.75, 3.05) is 13.1 Å². The molecular weight excluding hydrogens is 486 g/mol. The number of hydrogen-bond donors (Lipinski definition) is 3. The molecule has 3 aliphatic rings. The van der Waals surface area contributed by atoms with Gasteiger partial charge < -0.3 is 20.9 Å². The van der Waals surface area contributed by atoms with Crippen molar-refractivity contribution in [1.29, 1.82) is 5.26 Å². The Kier molecular flexibility index (Phi) is 7.07. The fourth-order valence-electron chi connectivity index (χ4n) is 5.39. The highest BCUT2D eigenvalue weighted by Gasteiger charge is 2.70. The number of nitrogens with one attached hydrogen (secondary N) is 3. The molecule has 9 nitrogen and oxygen atoms in total. The fraction of sp³-hybridized carbons (Fsp3) is 0.783. The predicted molar refractivity (Wildman–Crippen MR) is 117 cm³/mol. The molecular formula is C23H31F4N5O4. The molecule has 0 aromatic heterocycles. The number of rotatable bonds is 6. The Hall–Kier alpha value is -2.91. The minimum atomic E-state index is -5.20. The Labute approximate surface area is 206 Å². The van der Waals surface area contributed by atoms with E-state index in [0.717, 1.165) is 4.90 Å². The van der Waals surface area contributed by atoms with Crippen molar-refractivity contribution in [3.8, 4) is 6.07 Å². The maximum Gasteiger partial charge on any atom is 0.471 e. The van der Waals surface area contributed by atoms with Crippen LogP contribution in [0.3, 0.4) is 0 Å². The number of fused-ring (bicyclic) bond motifs is 1. The monoisotopic (exact) mass is 517 g/mol. The summed E-state index contributed by atoms with van der Waals surface area (Å²) in [6, 6.07) is -2.04. The summed E-state index contributed by atoms with van der Waals surface area (Å²) in [5, 5.41) is 16.1. The Morgan fingerprint density at radius 3 is 2.31 bits per heavy atom. The van der Waals surface area contributed by atoms with E-state index in [9.17, 15) is 42.0 Å². The zero-order valence-electron chi connectivity index (χ0n) is 20.7. The lowest BCUT2D eigenvalue weighted by molar-refractivity contribution is -0.176. The van der Waals surface area contributed by atoms with Crippen LogP contribution in [0.4, 0.5) is 17.6 Å². The van der Waals surface area contributed by atoms with Crippen LogP contribution in [0.1, 0.15) is 41.0 Å². The number of likely N-dealkylation sites (tertiary alicyclic amines) is 1. The molecule has 2 heterocycles. The van der Waals surface area contributed by atoms with Crippen LogP contribution in [0, 0.1) is 39.9 Å². The van der Waals surface area contributed by atoms with Gasteiger partial charge >= 0.3 is 12.1 Å². The van der Waals surface area contributed by atoms with Crippen LogP contribution >= 0.6 is 0 Å². The molecule has 0 bridgehead atoms. The molecule has 0 aromatic rings. The Balaban J connectivity index is 1.81. The topological polar surface area (TPSA) is 131 Å². The number of amides is 4. The fourth-order valence-corrected chi connectivity index (χ4v) is 5.39. The Morgan fingerprint density at radius 2 is 1.83 bits per heavy atom. The zero-order chi connectivity index (χ0) is 27.4. The molecule has 3 N–H and O–H groups in total. The van der Waals surface area contributed by atoms with Gasteiger partial charge in [0.25, 0.3) is 0 Å². The molecule has 36 heavy (non-hydrogen) atoms. The first-order valence-corrected chi connectivity index (χ1v) is 11.7. The number of alkyl halides is 4. The summed E-state index contributed by atoms with van der Waals surface area (Å²) >= 11 is 0. The maximum atomic E-state index is 14.0. The van der Waals surface area contributed by atoms with Gasteiger partial charge in [0.2, 0.25) is 17.7 Å². The molecule has 7 atom stereocenters. The predicted octanol–water partition coefficient (Wildman–Crippen LogP) is 1.05. The van der Waals surface area contributed by atoms with Gasteiger partial charge in [0, 0.05) is 13.1 Å². The van der Waals surface area contributed by atoms with Gasteiger partial charge in [-0.1, -0.05) is 34.6 Å². The van der Waals surface area contributed by atoms with Crippen LogP contribution in [-0.2, 0) is 19.2 Å². The summed E-state index contributed by atoms with van der Waals surface area (Å²) in [4.78, 5) is 51.5. The van der Waals surface area contributed by atoms with E-state index in [1.54, 1.807) is 5.32 Å². The van der Waals surface area contributed by atoms with E-state index in [2.05, 4.69) is 10.6 Å². The third kappa shape index (κ3) is 5.13. The van der Waals surface area contributed by atoms with Crippen LogP contribution in [0.2, 0.25) is 0 Å². The van der Waals surface area contributed by atoms with E-state index in [-0.39, 0.29) is 36.8 Å². The van der Waals surface area contributed by atoms with Crippen LogP contribution in [0.15, 0.2) is 0 Å². The summed E-state index contributed by atoms with van der Waals surface area (Å²) in [5.74, 6) is -5.90. The lowest BCUT2D eigenvalue weighted by Gasteiger charge is -2.37. The van der Waals surface area contributed by atoms with Gasteiger partial charge in [-0.2, -0.15) is 18.4 Å². The largest absolute Gasteiger partial charge is 0.471 e. The van der Waals surface area contributed by atoms with E-state index in [1.807, 2.05) is 19.9 Å². The van der Waals surface area contributed by atoms with Gasteiger partial charge in [0.1, 0.15) is 24.3 Å². The molecule has 200 valence electrons. The molecule has 1 aliphatic carbocycles. The summed E-state index contributed by atoms with van der Waals surface area (Å²) in [6.45, 7) is 8.19. The second kappa shape index (κ2) is 9.19. The van der Waals surface area contributed by atoms with E-state index in [1.165, 1.54) is 20.8 Å². The van der Waals surface area contributed by atoms with Crippen LogP contribution < -0.4 is 16.0 Å². The van der Waals surface area contributed by atoms with Crippen molar-refractivity contribution < 1.29 is 36.7 Å². The molecule has 0 radical (unpaired) electrons. The smallest absolute Gasteiger partial charge is 0.353 e. The first kappa shape index (κ1) is 27.7. The number of carbonyl (C=O) groups is 4. The molecule has 13 heteroatoms. The van der Waals surface area contributed by atoms with E-state index >= 15 is 0 Å². The normalized spacial score (nSPS) is 30.5. The van der Waals surface area contributed by atoms with E-state index < -0.39 is 65.4 Å². The quantitative estimate of drug-likeness (QED) is 0.453.